The normalized spacial score (nSPS) is 14.5. The van der Waals surface area contributed by atoms with Gasteiger partial charge in [0.15, 0.2) is 9.04 Å². The lowest BCUT2D eigenvalue weighted by molar-refractivity contribution is 0.0590. The highest BCUT2D eigenvalue weighted by atomic mass is 79.9. The summed E-state index contributed by atoms with van der Waals surface area (Å²) in [5.74, 6) is 0. The molecular weight excluding hydrogens is 528 g/mol. The van der Waals surface area contributed by atoms with Crippen LogP contribution in [0.3, 0.4) is 0 Å². The van der Waals surface area contributed by atoms with E-state index in [-0.39, 0.29) is 17.6 Å². The fraction of sp³-hybridized carbons (Fsp3) is 0.611. The van der Waals surface area contributed by atoms with Crippen LogP contribution in [0.2, 0.25) is 13.1 Å². The monoisotopic (exact) mass is 554 g/mol. The van der Waals surface area contributed by atoms with Crippen LogP contribution in [0.5, 0.6) is 0 Å². The third kappa shape index (κ3) is 6.45. The van der Waals surface area contributed by atoms with Gasteiger partial charge in [-0.1, -0.05) is 33.8 Å². The fourth-order valence-electron chi connectivity index (χ4n) is 2.95. The summed E-state index contributed by atoms with van der Waals surface area (Å²) in [4.78, 5) is 6.91. The number of pyridine rings is 1. The Morgan fingerprint density at radius 2 is 1.88 bits per heavy atom. The molecule has 1 rings (SSSR count). The van der Waals surface area contributed by atoms with E-state index in [0.29, 0.717) is 0 Å². The number of rotatable bonds is 8. The molecule has 1 aromatic heterocycles. The molecule has 142 valence electrons. The van der Waals surface area contributed by atoms with Gasteiger partial charge in [0.05, 0.1) is 22.3 Å². The Morgan fingerprint density at radius 1 is 1.28 bits per heavy atom. The van der Waals surface area contributed by atoms with Crippen LogP contribution in [0.1, 0.15) is 34.1 Å². The molecule has 0 saturated carbocycles. The molecule has 0 aromatic carbocycles. The molecule has 1 heterocycles. The molecule has 3 nitrogen and oxygen atoms in total. The summed E-state index contributed by atoms with van der Waals surface area (Å²) in [6.07, 6.45) is 3.06. The Morgan fingerprint density at radius 3 is 2.32 bits per heavy atom. The second-order valence-electron chi connectivity index (χ2n) is 7.46. The smallest absolute Gasteiger partial charge is 0.171 e. The zero-order valence-corrected chi connectivity index (χ0v) is 21.9. The predicted octanol–water partition coefficient (Wildman–Crippen LogP) is 6.55. The van der Waals surface area contributed by atoms with Crippen LogP contribution in [0.15, 0.2) is 32.4 Å². The molecule has 0 bridgehead atoms. The molecule has 0 fully saturated rings. The van der Waals surface area contributed by atoms with E-state index in [4.69, 9.17) is 4.43 Å². The average molecular weight is 557 g/mol. The maximum Gasteiger partial charge on any atom is 0.171 e. The summed E-state index contributed by atoms with van der Waals surface area (Å²) in [5, 5.41) is 0. The Kier molecular flexibility index (Phi) is 9.35. The highest BCUT2D eigenvalue weighted by Gasteiger charge is 2.36. The minimum absolute atomic E-state index is 0.0455. The van der Waals surface area contributed by atoms with E-state index < -0.39 is 9.04 Å². The lowest BCUT2D eigenvalue weighted by atomic mass is 9.83. The highest BCUT2D eigenvalue weighted by molar-refractivity contribution is 9.13. The molecular formula is C18H29Br3N2OSi. The topological polar surface area (TPSA) is 25.4 Å². The van der Waals surface area contributed by atoms with Crippen LogP contribution in [0.4, 0.5) is 5.69 Å². The quantitative estimate of drug-likeness (QED) is 0.206. The summed E-state index contributed by atoms with van der Waals surface area (Å²) < 4.78 is 9.05. The molecule has 0 aliphatic heterocycles. The van der Waals surface area contributed by atoms with Crippen LogP contribution in [0, 0.1) is 5.41 Å². The number of nitrogens with zero attached hydrogens (tertiary/aromatic N) is 2. The van der Waals surface area contributed by atoms with Gasteiger partial charge in [0.2, 0.25) is 0 Å². The van der Waals surface area contributed by atoms with Gasteiger partial charge in [-0.2, -0.15) is 0 Å². The average Bonchev–Trinajstić information content (AvgIpc) is 2.48. The van der Waals surface area contributed by atoms with Crippen molar-refractivity contribution in [1.29, 1.82) is 0 Å². The summed E-state index contributed by atoms with van der Waals surface area (Å²) in [5.41, 5.74) is 1.09. The van der Waals surface area contributed by atoms with Crippen molar-refractivity contribution in [2.45, 2.75) is 59.4 Å². The Bertz CT molecular complexity index is 590. The van der Waals surface area contributed by atoms with Gasteiger partial charge in [-0.3, -0.25) is 0 Å². The van der Waals surface area contributed by atoms with Crippen LogP contribution in [-0.4, -0.2) is 32.7 Å². The van der Waals surface area contributed by atoms with Crippen molar-refractivity contribution >= 4 is 62.5 Å². The third-order valence-electron chi connectivity index (χ3n) is 3.94. The summed E-state index contributed by atoms with van der Waals surface area (Å²) in [6, 6.07) is 2.33. The first-order chi connectivity index (χ1) is 11.5. The fourth-order valence-corrected chi connectivity index (χ4v) is 5.48. The van der Waals surface area contributed by atoms with E-state index in [9.17, 15) is 0 Å². The van der Waals surface area contributed by atoms with E-state index >= 15 is 0 Å². The van der Waals surface area contributed by atoms with E-state index in [1.54, 1.807) is 0 Å². The van der Waals surface area contributed by atoms with Crippen molar-refractivity contribution in [2.75, 3.05) is 11.4 Å². The van der Waals surface area contributed by atoms with Gasteiger partial charge in [0.1, 0.15) is 9.21 Å². The molecule has 0 spiro atoms. The number of anilines is 1. The second kappa shape index (κ2) is 10.0. The molecule has 0 N–H and O–H groups in total. The first-order valence-corrected chi connectivity index (χ1v) is 13.7. The van der Waals surface area contributed by atoms with Crippen molar-refractivity contribution in [3.63, 3.8) is 0 Å². The van der Waals surface area contributed by atoms with Gasteiger partial charge in [0.25, 0.3) is 0 Å². The molecule has 0 aliphatic rings. The second-order valence-corrected chi connectivity index (χ2v) is 12.2. The maximum atomic E-state index is 6.52. The van der Waals surface area contributed by atoms with E-state index in [2.05, 4.69) is 111 Å². The SMILES string of the molecule is C=CCN(c1cc(Br)c(Br)nc1Br)[C@@H](CC)C(O[SiH](C)C)C(C)(C)C. The molecule has 0 aliphatic carbocycles. The third-order valence-corrected chi connectivity index (χ3v) is 7.11. The van der Waals surface area contributed by atoms with Gasteiger partial charge in [0, 0.05) is 6.54 Å². The van der Waals surface area contributed by atoms with Crippen molar-refractivity contribution in [1.82, 2.24) is 4.98 Å². The number of hydrogen-bond acceptors (Lipinski definition) is 3. The molecule has 0 saturated heterocycles. The van der Waals surface area contributed by atoms with Gasteiger partial charge < -0.3 is 9.33 Å². The Labute approximate surface area is 179 Å². The summed E-state index contributed by atoms with van der Waals surface area (Å²) in [6.45, 7) is 18.2. The van der Waals surface area contributed by atoms with Crippen LogP contribution < -0.4 is 4.90 Å². The van der Waals surface area contributed by atoms with Crippen LogP contribution in [0.25, 0.3) is 0 Å². The molecule has 25 heavy (non-hydrogen) atoms. The Hall–Kier alpha value is 0.307. The predicted molar refractivity (Wildman–Crippen MR) is 122 cm³/mol. The number of halogens is 3. The van der Waals surface area contributed by atoms with Gasteiger partial charge in [-0.05, 0) is 78.8 Å². The van der Waals surface area contributed by atoms with E-state index in [1.807, 2.05) is 6.08 Å². The molecule has 7 heteroatoms. The highest BCUT2D eigenvalue weighted by Crippen LogP contribution is 2.37. The lowest BCUT2D eigenvalue weighted by Crippen LogP contribution is -2.52. The summed E-state index contributed by atoms with van der Waals surface area (Å²) >= 11 is 10.7. The standard InChI is InChI=1S/C18H29Br3N2OSi/c1-8-10-23(14-11-12(19)16(20)22-17(14)21)13(9-2)15(18(3,4)5)24-25(6)7/h8,11,13,15,25H,1,9-10H2,2-7H3/t13-,15?/m0/s1. The minimum Gasteiger partial charge on any atom is -0.415 e. The molecule has 2 atom stereocenters. The van der Waals surface area contributed by atoms with Gasteiger partial charge in [-0.25, -0.2) is 4.98 Å². The lowest BCUT2D eigenvalue weighted by Gasteiger charge is -2.44. The van der Waals surface area contributed by atoms with E-state index in [1.165, 1.54) is 0 Å². The molecule has 0 radical (unpaired) electrons. The minimum atomic E-state index is -1.18. The molecule has 1 aromatic rings. The Balaban J connectivity index is 3.42. The van der Waals surface area contributed by atoms with Crippen LogP contribution >= 0.6 is 47.8 Å². The zero-order chi connectivity index (χ0) is 19.4. The number of aromatic nitrogens is 1. The van der Waals surface area contributed by atoms with Gasteiger partial charge >= 0.3 is 0 Å². The van der Waals surface area contributed by atoms with Crippen molar-refractivity contribution in [2.24, 2.45) is 5.41 Å². The molecule has 1 unspecified atom stereocenters. The van der Waals surface area contributed by atoms with E-state index in [0.717, 1.165) is 32.3 Å². The van der Waals surface area contributed by atoms with Crippen LogP contribution in [-0.2, 0) is 4.43 Å². The van der Waals surface area contributed by atoms with Gasteiger partial charge in [-0.15, -0.1) is 6.58 Å². The van der Waals surface area contributed by atoms with Crippen molar-refractivity contribution in [3.8, 4) is 0 Å². The maximum absolute atomic E-state index is 6.52. The van der Waals surface area contributed by atoms with Crippen molar-refractivity contribution in [3.05, 3.63) is 32.4 Å². The number of hydrogen-bond donors (Lipinski definition) is 0. The molecule has 0 amide bonds. The van der Waals surface area contributed by atoms with Crippen molar-refractivity contribution < 1.29 is 4.43 Å². The first kappa shape index (κ1) is 23.3. The summed E-state index contributed by atoms with van der Waals surface area (Å²) in [7, 11) is -1.18. The first-order valence-electron chi connectivity index (χ1n) is 8.57. The zero-order valence-electron chi connectivity index (χ0n) is 15.9. The largest absolute Gasteiger partial charge is 0.415 e.